The normalized spacial score (nSPS) is 12.6. The monoisotopic (exact) mass is 185 g/mol. The van der Waals surface area contributed by atoms with Crippen LogP contribution in [0.5, 0.6) is 0 Å². The quantitative estimate of drug-likeness (QED) is 0.490. The fraction of sp³-hybridized carbons (Fsp3) is 0.500. The van der Waals surface area contributed by atoms with Crippen LogP contribution < -0.4 is 4.84 Å². The van der Waals surface area contributed by atoms with E-state index in [4.69, 9.17) is 28.5 Å². The van der Waals surface area contributed by atoms with Crippen LogP contribution in [0.2, 0.25) is 0 Å². The van der Waals surface area contributed by atoms with Crippen LogP contribution in [0.25, 0.3) is 0 Å². The van der Waals surface area contributed by atoms with Crippen LogP contribution in [0.1, 0.15) is 6.42 Å². The number of carboxylic acid groups (broad SMARTS) is 1. The molecule has 10 heavy (non-hydrogen) atoms. The van der Waals surface area contributed by atoms with Crippen LogP contribution in [0.4, 0.5) is 0 Å². The molecule has 2 N–H and O–H groups in total. The van der Waals surface area contributed by atoms with Crippen molar-refractivity contribution in [3.8, 4) is 0 Å². The maximum absolute atomic E-state index is 10.3. The van der Waals surface area contributed by atoms with E-state index in [2.05, 4.69) is 0 Å². The second kappa shape index (κ2) is 4.49. The first-order valence-corrected chi connectivity index (χ1v) is 3.10. The molecule has 0 aromatic heterocycles. The van der Waals surface area contributed by atoms with Gasteiger partial charge in [-0.05, 0) is 23.4 Å². The van der Waals surface area contributed by atoms with E-state index < -0.39 is 23.7 Å². The Kier molecular flexibility index (Phi) is 4.34. The maximum Gasteiger partial charge on any atom is 0.305 e. The molecule has 0 saturated heterocycles. The van der Waals surface area contributed by atoms with Crippen LogP contribution in [-0.4, -0.2) is 22.4 Å². The second-order valence-corrected chi connectivity index (χ2v) is 2.15. The smallest absolute Gasteiger partial charge is 0.305 e. The van der Waals surface area contributed by atoms with Crippen LogP contribution in [0.15, 0.2) is 0 Å². The Morgan fingerprint density at radius 1 is 1.60 bits per heavy atom. The summed E-state index contributed by atoms with van der Waals surface area (Å²) >= 11 is 9.93. The highest BCUT2D eigenvalue weighted by Crippen LogP contribution is 1.98. The van der Waals surface area contributed by atoms with Gasteiger partial charge >= 0.3 is 5.97 Å². The Morgan fingerprint density at radius 2 is 2.10 bits per heavy atom. The molecule has 6 heteroatoms. The first-order chi connectivity index (χ1) is 4.57. The first kappa shape index (κ1) is 9.68. The standard InChI is InChI=1S/C4H5Cl2NO3/c5-4(10)2(7-6)1-3(8)9/h2,7H,1H2,(H,8,9)/t2-/m0/s1. The van der Waals surface area contributed by atoms with E-state index in [9.17, 15) is 9.59 Å². The molecule has 0 amide bonds. The van der Waals surface area contributed by atoms with Crippen molar-refractivity contribution in [1.29, 1.82) is 0 Å². The van der Waals surface area contributed by atoms with E-state index in [1.54, 1.807) is 0 Å². The highest BCUT2D eigenvalue weighted by atomic mass is 35.5. The number of hydrogen-bond donors (Lipinski definition) is 2. The lowest BCUT2D eigenvalue weighted by molar-refractivity contribution is -0.138. The third-order valence-corrected chi connectivity index (χ3v) is 1.31. The molecular weight excluding hydrogens is 181 g/mol. The van der Waals surface area contributed by atoms with Crippen LogP contribution in [0.3, 0.4) is 0 Å². The van der Waals surface area contributed by atoms with Crippen LogP contribution >= 0.6 is 23.4 Å². The summed E-state index contributed by atoms with van der Waals surface area (Å²) in [6.07, 6.45) is -0.411. The number of hydrogen-bond acceptors (Lipinski definition) is 3. The average Bonchev–Trinajstić information content (AvgIpc) is 1.81. The molecule has 0 saturated carbocycles. The lowest BCUT2D eigenvalue weighted by atomic mass is 10.2. The molecule has 0 aromatic carbocycles. The van der Waals surface area contributed by atoms with Crippen molar-refractivity contribution in [3.63, 3.8) is 0 Å². The summed E-state index contributed by atoms with van der Waals surface area (Å²) in [5.74, 6) is -1.13. The molecule has 4 nitrogen and oxygen atoms in total. The van der Waals surface area contributed by atoms with Crippen molar-refractivity contribution >= 4 is 34.6 Å². The zero-order valence-electron chi connectivity index (χ0n) is 4.80. The molecule has 0 aliphatic carbocycles. The van der Waals surface area contributed by atoms with E-state index in [-0.39, 0.29) is 0 Å². The summed E-state index contributed by atoms with van der Waals surface area (Å²) in [4.78, 5) is 22.2. The molecular formula is C4H5Cl2NO3. The minimum absolute atomic E-state index is 0.411. The summed E-state index contributed by atoms with van der Waals surface area (Å²) in [5.41, 5.74) is 0. The Morgan fingerprint density at radius 3 is 2.20 bits per heavy atom. The molecule has 0 fully saturated rings. The van der Waals surface area contributed by atoms with E-state index >= 15 is 0 Å². The number of nitrogens with one attached hydrogen (secondary N) is 1. The molecule has 0 aromatic rings. The predicted molar refractivity (Wildman–Crippen MR) is 35.9 cm³/mol. The number of carbonyl (C=O) groups is 2. The van der Waals surface area contributed by atoms with Crippen molar-refractivity contribution in [2.75, 3.05) is 0 Å². The molecule has 0 unspecified atom stereocenters. The SMILES string of the molecule is O=C(O)C[C@H](NCl)C(=O)Cl. The number of carboxylic acids is 1. The Balaban J connectivity index is 3.83. The molecule has 0 radical (unpaired) electrons. The van der Waals surface area contributed by atoms with Gasteiger partial charge in [0.2, 0.25) is 5.24 Å². The lowest BCUT2D eigenvalue weighted by Crippen LogP contribution is -2.29. The Bertz CT molecular complexity index is 149. The van der Waals surface area contributed by atoms with Crippen molar-refractivity contribution in [2.24, 2.45) is 0 Å². The first-order valence-electron chi connectivity index (χ1n) is 2.35. The largest absolute Gasteiger partial charge is 0.481 e. The van der Waals surface area contributed by atoms with Crippen molar-refractivity contribution in [3.05, 3.63) is 0 Å². The number of halogens is 2. The molecule has 0 aliphatic heterocycles. The van der Waals surface area contributed by atoms with Gasteiger partial charge in [-0.3, -0.25) is 9.59 Å². The summed E-state index contributed by atoms with van der Waals surface area (Å²) in [6, 6.07) is -1.01. The van der Waals surface area contributed by atoms with Crippen LogP contribution in [-0.2, 0) is 9.59 Å². The minimum atomic E-state index is -1.13. The molecule has 1 atom stereocenters. The van der Waals surface area contributed by atoms with Crippen molar-refractivity contribution in [2.45, 2.75) is 12.5 Å². The fourth-order valence-corrected chi connectivity index (χ4v) is 0.700. The van der Waals surface area contributed by atoms with Gasteiger partial charge in [0.05, 0.1) is 6.42 Å². The molecule has 0 bridgehead atoms. The summed E-state index contributed by atoms with van der Waals surface area (Å²) < 4.78 is 0. The van der Waals surface area contributed by atoms with Gasteiger partial charge in [0.1, 0.15) is 6.04 Å². The van der Waals surface area contributed by atoms with Gasteiger partial charge in [0.15, 0.2) is 0 Å². The van der Waals surface area contributed by atoms with Gasteiger partial charge in [-0.25, -0.2) is 4.84 Å². The summed E-state index contributed by atoms with van der Waals surface area (Å²) in [7, 11) is 0. The Labute approximate surface area is 67.2 Å². The van der Waals surface area contributed by atoms with Crippen LogP contribution in [0, 0.1) is 0 Å². The van der Waals surface area contributed by atoms with E-state index in [1.807, 2.05) is 4.84 Å². The zero-order valence-corrected chi connectivity index (χ0v) is 6.32. The number of rotatable bonds is 4. The molecule has 0 aliphatic rings. The van der Waals surface area contributed by atoms with Crippen molar-refractivity contribution < 1.29 is 14.7 Å². The fourth-order valence-electron chi connectivity index (χ4n) is 0.336. The highest BCUT2D eigenvalue weighted by Gasteiger charge is 2.17. The van der Waals surface area contributed by atoms with Crippen molar-refractivity contribution in [1.82, 2.24) is 4.84 Å². The van der Waals surface area contributed by atoms with Gasteiger partial charge in [-0.1, -0.05) is 0 Å². The maximum atomic E-state index is 10.3. The topological polar surface area (TPSA) is 66.4 Å². The van der Waals surface area contributed by atoms with E-state index in [1.165, 1.54) is 0 Å². The van der Waals surface area contributed by atoms with Gasteiger partial charge in [-0.15, -0.1) is 0 Å². The van der Waals surface area contributed by atoms with E-state index in [0.29, 0.717) is 0 Å². The summed E-state index contributed by atoms with van der Waals surface area (Å²) in [5, 5.41) is 7.35. The zero-order chi connectivity index (χ0) is 8.15. The molecule has 58 valence electrons. The van der Waals surface area contributed by atoms with Gasteiger partial charge in [0, 0.05) is 0 Å². The third kappa shape index (κ3) is 3.66. The summed E-state index contributed by atoms with van der Waals surface area (Å²) in [6.45, 7) is 0. The lowest BCUT2D eigenvalue weighted by Gasteiger charge is -2.04. The third-order valence-electron chi connectivity index (χ3n) is 0.784. The average molecular weight is 186 g/mol. The predicted octanol–water partition coefficient (Wildman–Crippen LogP) is 0.339. The highest BCUT2D eigenvalue weighted by molar-refractivity contribution is 6.65. The minimum Gasteiger partial charge on any atom is -0.481 e. The molecule has 0 heterocycles. The second-order valence-electron chi connectivity index (χ2n) is 1.56. The number of carbonyl (C=O) groups excluding carboxylic acids is 1. The van der Waals surface area contributed by atoms with Gasteiger partial charge < -0.3 is 5.11 Å². The molecule has 0 spiro atoms. The van der Waals surface area contributed by atoms with Gasteiger partial charge in [-0.2, -0.15) is 0 Å². The molecule has 0 rings (SSSR count). The number of aliphatic carboxylic acids is 1. The van der Waals surface area contributed by atoms with Gasteiger partial charge in [0.25, 0.3) is 0 Å². The Hall–Kier alpha value is -0.320. The van der Waals surface area contributed by atoms with E-state index in [0.717, 1.165) is 0 Å².